The minimum atomic E-state index is -0.522. The molecule has 12 heteroatoms. The molecule has 2 aromatic carbocycles. The summed E-state index contributed by atoms with van der Waals surface area (Å²) in [6, 6.07) is 13.9. The van der Waals surface area contributed by atoms with Crippen molar-refractivity contribution >= 4 is 34.0 Å². The lowest BCUT2D eigenvalue weighted by Crippen LogP contribution is -2.41. The van der Waals surface area contributed by atoms with Crippen LogP contribution in [0.3, 0.4) is 0 Å². The molecule has 1 fully saturated rings. The lowest BCUT2D eigenvalue weighted by Gasteiger charge is -2.32. The lowest BCUT2D eigenvalue weighted by atomic mass is 10.0. The summed E-state index contributed by atoms with van der Waals surface area (Å²) in [5, 5.41) is 11.8. The van der Waals surface area contributed by atoms with Crippen LogP contribution in [0.25, 0.3) is 16.6 Å². The Hall–Kier alpha value is -5.52. The summed E-state index contributed by atoms with van der Waals surface area (Å²) in [7, 11) is 0. The second-order valence-electron chi connectivity index (χ2n) is 10.6. The van der Waals surface area contributed by atoms with Crippen LogP contribution in [0.2, 0.25) is 0 Å². The number of ether oxygens (including phenoxy) is 2. The van der Waals surface area contributed by atoms with Crippen molar-refractivity contribution in [2.24, 2.45) is 0 Å². The highest BCUT2D eigenvalue weighted by Gasteiger charge is 2.23. The number of aromatic nitrogens is 5. The molecule has 0 atom stereocenters. The number of likely N-dealkylation sites (tertiary alicyclic amines) is 1. The number of hydrogen-bond donors (Lipinski definition) is 2. The zero-order chi connectivity index (χ0) is 31.3. The molecule has 0 spiro atoms. The van der Waals surface area contributed by atoms with Crippen LogP contribution >= 0.6 is 0 Å². The molecular weight excluding hydrogens is 575 g/mol. The third-order valence-corrected chi connectivity index (χ3v) is 7.52. The first-order valence-electron chi connectivity index (χ1n) is 14.7. The Morgan fingerprint density at radius 2 is 1.93 bits per heavy atom. The molecule has 3 aromatic heterocycles. The fraction of sp³-hybridized carbons (Fsp3) is 0.242. The fourth-order valence-corrected chi connectivity index (χ4v) is 5.17. The Morgan fingerprint density at radius 3 is 2.67 bits per heavy atom. The molecule has 1 aliphatic heterocycles. The quantitative estimate of drug-likeness (QED) is 0.179. The maximum absolute atomic E-state index is 15.3. The van der Waals surface area contributed by atoms with Crippen LogP contribution < -0.4 is 20.1 Å². The van der Waals surface area contributed by atoms with Crippen molar-refractivity contribution in [2.45, 2.75) is 32.7 Å². The van der Waals surface area contributed by atoms with E-state index in [0.29, 0.717) is 53.8 Å². The molecule has 0 bridgehead atoms. The number of piperidine rings is 1. The first kappa shape index (κ1) is 29.5. The standard InChI is InChI=1S/C33H33FN8O3/c1-4-32(43)41-13-10-22(11-14-41)38-29-17-25-28(18-30(29)44-5-2)36-20-37-33(25)39-27-9-8-24(16-26(27)34)45-31-12-15-42(40-31)23-7-6-21(3)35-19-23/h4,6-9,12,15-20,22,38H,1,5,10-11,13-14H2,2-3H3,(H,36,37,39). The molecule has 0 unspecified atom stereocenters. The van der Waals surface area contributed by atoms with Gasteiger partial charge in [-0.05, 0) is 63.1 Å². The molecule has 1 saturated heterocycles. The van der Waals surface area contributed by atoms with E-state index >= 15 is 4.39 Å². The zero-order valence-corrected chi connectivity index (χ0v) is 25.0. The maximum Gasteiger partial charge on any atom is 0.245 e. The van der Waals surface area contributed by atoms with E-state index in [1.165, 1.54) is 18.5 Å². The second kappa shape index (κ2) is 13.0. The normalized spacial score (nSPS) is 13.4. The molecule has 230 valence electrons. The fourth-order valence-electron chi connectivity index (χ4n) is 5.17. The SMILES string of the molecule is C=CC(=O)N1CCC(Nc2cc3c(Nc4ccc(Oc5ccn(-c6ccc(C)nc6)n5)cc4F)ncnc3cc2OCC)CC1. The van der Waals surface area contributed by atoms with Crippen molar-refractivity contribution in [3.63, 3.8) is 0 Å². The molecule has 5 aromatic rings. The monoisotopic (exact) mass is 608 g/mol. The zero-order valence-electron chi connectivity index (χ0n) is 25.0. The van der Waals surface area contributed by atoms with Gasteiger partial charge >= 0.3 is 0 Å². The highest BCUT2D eigenvalue weighted by molar-refractivity contribution is 5.95. The van der Waals surface area contributed by atoms with Gasteiger partial charge in [0.2, 0.25) is 11.8 Å². The van der Waals surface area contributed by atoms with Crippen molar-refractivity contribution in [1.82, 2.24) is 29.6 Å². The number of nitrogens with zero attached hydrogens (tertiary/aromatic N) is 6. The predicted molar refractivity (Wildman–Crippen MR) is 170 cm³/mol. The van der Waals surface area contributed by atoms with Crippen LogP contribution in [-0.2, 0) is 4.79 Å². The maximum atomic E-state index is 15.3. The number of nitrogens with one attached hydrogen (secondary N) is 2. The molecule has 0 aliphatic carbocycles. The van der Waals surface area contributed by atoms with E-state index in [9.17, 15) is 4.79 Å². The molecule has 6 rings (SSSR count). The highest BCUT2D eigenvalue weighted by Crippen LogP contribution is 2.35. The average Bonchev–Trinajstić information content (AvgIpc) is 3.51. The molecule has 45 heavy (non-hydrogen) atoms. The minimum absolute atomic E-state index is 0.0551. The van der Waals surface area contributed by atoms with Gasteiger partial charge in [-0.25, -0.2) is 19.0 Å². The van der Waals surface area contributed by atoms with Crippen molar-refractivity contribution < 1.29 is 18.7 Å². The molecule has 1 aliphatic rings. The molecule has 4 heterocycles. The first-order chi connectivity index (χ1) is 21.9. The summed E-state index contributed by atoms with van der Waals surface area (Å²) in [6.45, 7) is 9.18. The third-order valence-electron chi connectivity index (χ3n) is 7.52. The number of hydrogen-bond acceptors (Lipinski definition) is 9. The minimum Gasteiger partial charge on any atom is -0.492 e. The third kappa shape index (κ3) is 6.69. The highest BCUT2D eigenvalue weighted by atomic mass is 19.1. The van der Waals surface area contributed by atoms with Gasteiger partial charge in [0.1, 0.15) is 29.5 Å². The second-order valence-corrected chi connectivity index (χ2v) is 10.6. The Bertz CT molecular complexity index is 1830. The van der Waals surface area contributed by atoms with Crippen LogP contribution in [0.5, 0.6) is 17.4 Å². The summed E-state index contributed by atoms with van der Waals surface area (Å²) in [5.74, 6) is 1.14. The van der Waals surface area contributed by atoms with Gasteiger partial charge in [0.25, 0.3) is 0 Å². The van der Waals surface area contributed by atoms with Crippen LogP contribution in [-0.4, -0.2) is 61.3 Å². The lowest BCUT2D eigenvalue weighted by molar-refractivity contribution is -0.126. The molecular formula is C33H33FN8O3. The number of benzene rings is 2. The number of carbonyl (C=O) groups excluding carboxylic acids is 1. The summed E-state index contributed by atoms with van der Waals surface area (Å²) >= 11 is 0. The topological polar surface area (TPSA) is 119 Å². The first-order valence-corrected chi connectivity index (χ1v) is 14.7. The summed E-state index contributed by atoms with van der Waals surface area (Å²) in [6.07, 6.45) is 7.81. The van der Waals surface area contributed by atoms with Crippen molar-refractivity contribution in [2.75, 3.05) is 30.3 Å². The van der Waals surface area contributed by atoms with E-state index < -0.39 is 5.82 Å². The number of anilines is 3. The van der Waals surface area contributed by atoms with E-state index in [2.05, 4.69) is 37.3 Å². The van der Waals surface area contributed by atoms with Gasteiger partial charge in [-0.1, -0.05) is 6.58 Å². The van der Waals surface area contributed by atoms with Gasteiger partial charge in [0, 0.05) is 54.6 Å². The van der Waals surface area contributed by atoms with Crippen LogP contribution in [0, 0.1) is 12.7 Å². The number of halogens is 1. The van der Waals surface area contributed by atoms with Crippen molar-refractivity contribution in [1.29, 1.82) is 0 Å². The largest absolute Gasteiger partial charge is 0.492 e. The number of aryl methyl sites for hydroxylation is 1. The van der Waals surface area contributed by atoms with Crippen LogP contribution in [0.15, 0.2) is 79.9 Å². The number of amides is 1. The Kier molecular flexibility index (Phi) is 8.54. The molecule has 1 amide bonds. The van der Waals surface area contributed by atoms with Gasteiger partial charge in [-0.15, -0.1) is 5.10 Å². The average molecular weight is 609 g/mol. The smallest absolute Gasteiger partial charge is 0.245 e. The Balaban J connectivity index is 1.19. The number of pyridine rings is 1. The van der Waals surface area contributed by atoms with Gasteiger partial charge in [0.05, 0.1) is 35.4 Å². The Morgan fingerprint density at radius 1 is 1.09 bits per heavy atom. The molecule has 11 nitrogen and oxygen atoms in total. The molecule has 0 saturated carbocycles. The van der Waals surface area contributed by atoms with E-state index in [-0.39, 0.29) is 17.6 Å². The molecule has 2 N–H and O–H groups in total. The van der Waals surface area contributed by atoms with Gasteiger partial charge < -0.3 is 25.0 Å². The summed E-state index contributed by atoms with van der Waals surface area (Å²) in [4.78, 5) is 26.9. The van der Waals surface area contributed by atoms with E-state index in [1.54, 1.807) is 40.2 Å². The van der Waals surface area contributed by atoms with E-state index in [0.717, 1.165) is 29.9 Å². The number of carbonyl (C=O) groups is 1. The van der Waals surface area contributed by atoms with Gasteiger partial charge in [0.15, 0.2) is 0 Å². The van der Waals surface area contributed by atoms with E-state index in [4.69, 9.17) is 9.47 Å². The number of rotatable bonds is 10. The van der Waals surface area contributed by atoms with Crippen LogP contribution in [0.1, 0.15) is 25.5 Å². The predicted octanol–water partition coefficient (Wildman–Crippen LogP) is 6.18. The summed E-state index contributed by atoms with van der Waals surface area (Å²) in [5.41, 5.74) is 3.34. The van der Waals surface area contributed by atoms with Crippen molar-refractivity contribution in [3.05, 3.63) is 91.4 Å². The number of fused-ring (bicyclic) bond motifs is 1. The van der Waals surface area contributed by atoms with Crippen molar-refractivity contribution in [3.8, 4) is 23.1 Å². The van der Waals surface area contributed by atoms with Crippen LogP contribution in [0.4, 0.5) is 21.6 Å². The molecule has 0 radical (unpaired) electrons. The van der Waals surface area contributed by atoms with E-state index in [1.807, 2.05) is 38.1 Å². The van der Waals surface area contributed by atoms with Gasteiger partial charge in [-0.3, -0.25) is 9.78 Å². The Labute approximate surface area is 259 Å². The van der Waals surface area contributed by atoms with Gasteiger partial charge in [-0.2, -0.15) is 0 Å². The summed E-state index contributed by atoms with van der Waals surface area (Å²) < 4.78 is 28.7.